The molecule has 1 heterocycles. The van der Waals surface area contributed by atoms with E-state index in [1.165, 1.54) is 11.8 Å². The van der Waals surface area contributed by atoms with Crippen molar-refractivity contribution < 1.29 is 9.84 Å². The number of aromatic nitrogens is 4. The van der Waals surface area contributed by atoms with E-state index < -0.39 is 6.10 Å². The molecule has 0 aliphatic heterocycles. The molecule has 0 bridgehead atoms. The zero-order valence-corrected chi connectivity index (χ0v) is 10.9. The van der Waals surface area contributed by atoms with Crippen LogP contribution >= 0.6 is 11.8 Å². The molecule has 0 aromatic carbocycles. The van der Waals surface area contributed by atoms with Gasteiger partial charge in [0.25, 0.3) is 0 Å². The topological polar surface area (TPSA) is 73.1 Å². The third-order valence-corrected chi connectivity index (χ3v) is 3.46. The molecule has 1 saturated carbocycles. The predicted octanol–water partition coefficient (Wildman–Crippen LogP) is 0.886. The molecule has 0 saturated heterocycles. The van der Waals surface area contributed by atoms with Crippen LogP contribution in [0, 0.1) is 0 Å². The average molecular weight is 258 g/mol. The van der Waals surface area contributed by atoms with Gasteiger partial charge in [-0.25, -0.2) is 4.68 Å². The number of ether oxygens (including phenoxy) is 1. The normalized spacial score (nSPS) is 17.6. The molecule has 17 heavy (non-hydrogen) atoms. The molecule has 2 rings (SSSR count). The fourth-order valence-electron chi connectivity index (χ4n) is 1.35. The van der Waals surface area contributed by atoms with Gasteiger partial charge in [-0.3, -0.25) is 0 Å². The van der Waals surface area contributed by atoms with E-state index in [4.69, 9.17) is 4.74 Å². The van der Waals surface area contributed by atoms with Crippen LogP contribution < -0.4 is 0 Å². The highest BCUT2D eigenvalue weighted by Gasteiger charge is 2.28. The van der Waals surface area contributed by atoms with E-state index in [1.807, 2.05) is 18.5 Å². The molecule has 0 spiro atoms. The lowest BCUT2D eigenvalue weighted by molar-refractivity contribution is 0.0152. The number of aliphatic hydroxyl groups excluding tert-OH is 1. The number of aliphatic hydroxyl groups is 1. The first-order valence-corrected chi connectivity index (χ1v) is 6.85. The monoisotopic (exact) mass is 258 g/mol. The summed E-state index contributed by atoms with van der Waals surface area (Å²) in [4.78, 5) is 0. The van der Waals surface area contributed by atoms with Crippen molar-refractivity contribution in [2.75, 3.05) is 12.4 Å². The summed E-state index contributed by atoms with van der Waals surface area (Å²) in [7, 11) is 0. The van der Waals surface area contributed by atoms with Gasteiger partial charge in [0, 0.05) is 5.75 Å². The molecule has 1 aliphatic rings. The number of rotatable bonds is 7. The molecule has 96 valence electrons. The smallest absolute Gasteiger partial charge is 0.209 e. The predicted molar refractivity (Wildman–Crippen MR) is 63.9 cm³/mol. The third kappa shape index (κ3) is 3.93. The Bertz CT molecular complexity index is 354. The van der Waals surface area contributed by atoms with Crippen LogP contribution in [0.4, 0.5) is 0 Å². The molecule has 1 aromatic rings. The van der Waals surface area contributed by atoms with Crippen LogP contribution in [0.25, 0.3) is 0 Å². The Labute approximate surface area is 105 Å². The minimum atomic E-state index is -0.480. The van der Waals surface area contributed by atoms with Crippen LogP contribution in [0.5, 0.6) is 0 Å². The van der Waals surface area contributed by atoms with Crippen LogP contribution in [0.2, 0.25) is 0 Å². The van der Waals surface area contributed by atoms with Crippen molar-refractivity contribution in [3.63, 3.8) is 0 Å². The zero-order valence-electron chi connectivity index (χ0n) is 10.1. The number of tetrazole rings is 1. The molecule has 6 nitrogen and oxygen atoms in total. The summed E-state index contributed by atoms with van der Waals surface area (Å²) in [6, 6.07) is 0.469. The van der Waals surface area contributed by atoms with Gasteiger partial charge in [-0.15, -0.1) is 5.10 Å². The number of hydrogen-bond acceptors (Lipinski definition) is 6. The van der Waals surface area contributed by atoms with Gasteiger partial charge in [-0.05, 0) is 37.1 Å². The third-order valence-electron chi connectivity index (χ3n) is 2.38. The van der Waals surface area contributed by atoms with Gasteiger partial charge >= 0.3 is 0 Å². The lowest BCUT2D eigenvalue weighted by Crippen LogP contribution is -2.20. The van der Waals surface area contributed by atoms with Gasteiger partial charge in [-0.1, -0.05) is 11.8 Å². The molecule has 1 N–H and O–H groups in total. The van der Waals surface area contributed by atoms with Crippen molar-refractivity contribution in [3.8, 4) is 0 Å². The lowest BCUT2D eigenvalue weighted by Gasteiger charge is -2.12. The summed E-state index contributed by atoms with van der Waals surface area (Å²) in [6.07, 6.45) is 1.97. The Hall–Kier alpha value is -0.660. The zero-order chi connectivity index (χ0) is 12.3. The molecule has 7 heteroatoms. The van der Waals surface area contributed by atoms with E-state index in [0.717, 1.165) is 18.0 Å². The molecule has 0 radical (unpaired) electrons. The van der Waals surface area contributed by atoms with Crippen molar-refractivity contribution in [3.05, 3.63) is 0 Å². The molecule has 1 unspecified atom stereocenters. The Morgan fingerprint density at radius 3 is 2.94 bits per heavy atom. The Kier molecular flexibility index (Phi) is 4.36. The maximum Gasteiger partial charge on any atom is 0.209 e. The standard InChI is InChI=1S/C10H18N4O2S/c1-7(2)16-5-9(15)6-17-10-11-12-13-14(10)8-3-4-8/h7-9,15H,3-6H2,1-2H3. The maximum absolute atomic E-state index is 9.72. The first kappa shape index (κ1) is 12.8. The van der Waals surface area contributed by atoms with E-state index in [0.29, 0.717) is 18.4 Å². The van der Waals surface area contributed by atoms with Crippen LogP contribution in [-0.4, -0.2) is 49.9 Å². The van der Waals surface area contributed by atoms with E-state index in [-0.39, 0.29) is 6.10 Å². The minimum Gasteiger partial charge on any atom is -0.390 e. The van der Waals surface area contributed by atoms with Gasteiger partial charge in [0.1, 0.15) is 0 Å². The molecular formula is C10H18N4O2S. The second-order valence-corrected chi connectivity index (χ2v) is 5.47. The van der Waals surface area contributed by atoms with Gasteiger partial charge < -0.3 is 9.84 Å². The quantitative estimate of drug-likeness (QED) is 0.732. The van der Waals surface area contributed by atoms with E-state index in [2.05, 4.69) is 15.5 Å². The van der Waals surface area contributed by atoms with Crippen LogP contribution in [0.1, 0.15) is 32.7 Å². The second-order valence-electron chi connectivity index (χ2n) is 4.48. The lowest BCUT2D eigenvalue weighted by atomic mass is 10.4. The van der Waals surface area contributed by atoms with Gasteiger partial charge in [0.05, 0.1) is 24.9 Å². The highest BCUT2D eigenvalue weighted by Crippen LogP contribution is 2.36. The van der Waals surface area contributed by atoms with Crippen molar-refractivity contribution in [1.82, 2.24) is 20.2 Å². The molecular weight excluding hydrogens is 240 g/mol. The summed E-state index contributed by atoms with van der Waals surface area (Å²) in [5.41, 5.74) is 0. The molecule has 1 aromatic heterocycles. The van der Waals surface area contributed by atoms with Crippen molar-refractivity contribution in [2.24, 2.45) is 0 Å². The first-order chi connectivity index (χ1) is 8.16. The van der Waals surface area contributed by atoms with E-state index >= 15 is 0 Å². The Morgan fingerprint density at radius 2 is 2.29 bits per heavy atom. The summed E-state index contributed by atoms with van der Waals surface area (Å²) in [5, 5.41) is 22.1. The summed E-state index contributed by atoms with van der Waals surface area (Å²) < 4.78 is 7.19. The molecule has 1 aliphatic carbocycles. The van der Waals surface area contributed by atoms with E-state index in [9.17, 15) is 5.11 Å². The highest BCUT2D eigenvalue weighted by atomic mass is 32.2. The maximum atomic E-state index is 9.72. The second kappa shape index (κ2) is 5.79. The SMILES string of the molecule is CC(C)OCC(O)CSc1nnnn1C1CC1. The highest BCUT2D eigenvalue weighted by molar-refractivity contribution is 7.99. The van der Waals surface area contributed by atoms with E-state index in [1.54, 1.807) is 0 Å². The van der Waals surface area contributed by atoms with Gasteiger partial charge in [-0.2, -0.15) is 0 Å². The molecule has 1 fully saturated rings. The summed E-state index contributed by atoms with van der Waals surface area (Å²) in [5.74, 6) is 0.555. The Balaban J connectivity index is 1.75. The first-order valence-electron chi connectivity index (χ1n) is 5.87. The Morgan fingerprint density at radius 1 is 1.53 bits per heavy atom. The van der Waals surface area contributed by atoms with Crippen molar-refractivity contribution in [1.29, 1.82) is 0 Å². The van der Waals surface area contributed by atoms with Crippen LogP contribution in [0.3, 0.4) is 0 Å². The number of hydrogen-bond donors (Lipinski definition) is 1. The van der Waals surface area contributed by atoms with Crippen molar-refractivity contribution in [2.45, 2.75) is 50.1 Å². The van der Waals surface area contributed by atoms with Crippen LogP contribution in [-0.2, 0) is 4.74 Å². The minimum absolute atomic E-state index is 0.145. The largest absolute Gasteiger partial charge is 0.390 e. The van der Waals surface area contributed by atoms with Gasteiger partial charge in [0.15, 0.2) is 0 Å². The van der Waals surface area contributed by atoms with Crippen molar-refractivity contribution >= 4 is 11.8 Å². The average Bonchev–Trinajstić information content (AvgIpc) is 3.03. The fourth-order valence-corrected chi connectivity index (χ4v) is 2.20. The van der Waals surface area contributed by atoms with Gasteiger partial charge in [0.2, 0.25) is 5.16 Å². The van der Waals surface area contributed by atoms with Crippen LogP contribution in [0.15, 0.2) is 5.16 Å². The summed E-state index contributed by atoms with van der Waals surface area (Å²) in [6.45, 7) is 4.26. The molecule has 0 amide bonds. The number of nitrogens with zero attached hydrogens (tertiary/aromatic N) is 4. The number of thioether (sulfide) groups is 1. The molecule has 1 atom stereocenters. The fraction of sp³-hybridized carbons (Fsp3) is 0.900. The summed E-state index contributed by atoms with van der Waals surface area (Å²) >= 11 is 1.48.